The lowest BCUT2D eigenvalue weighted by Crippen LogP contribution is -2.38. The molecule has 0 saturated carbocycles. The molecule has 0 spiro atoms. The first-order valence-corrected chi connectivity index (χ1v) is 13.5. The van der Waals surface area contributed by atoms with E-state index in [9.17, 15) is 9.59 Å². The fourth-order valence-electron chi connectivity index (χ4n) is 4.93. The van der Waals surface area contributed by atoms with Crippen molar-refractivity contribution in [2.24, 2.45) is 0 Å². The highest BCUT2D eigenvalue weighted by atomic mass is 32.1. The van der Waals surface area contributed by atoms with Gasteiger partial charge in [0.1, 0.15) is 17.1 Å². The van der Waals surface area contributed by atoms with E-state index in [4.69, 9.17) is 9.84 Å². The van der Waals surface area contributed by atoms with Crippen LogP contribution in [0.3, 0.4) is 0 Å². The van der Waals surface area contributed by atoms with Crippen LogP contribution in [0.1, 0.15) is 36.3 Å². The number of piperidine rings is 1. The number of likely N-dealkylation sites (tertiary alicyclic amines) is 1. The molecule has 1 aromatic carbocycles. The monoisotopic (exact) mass is 520 g/mol. The minimum absolute atomic E-state index is 0.0953. The summed E-state index contributed by atoms with van der Waals surface area (Å²) in [5.74, 6) is 0.593. The fraction of sp³-hybridized carbons (Fsp3) is 0.407. The highest BCUT2D eigenvalue weighted by Gasteiger charge is 2.21. The van der Waals surface area contributed by atoms with Crippen LogP contribution in [0, 0.1) is 13.8 Å². The van der Waals surface area contributed by atoms with Gasteiger partial charge in [0.25, 0.3) is 5.56 Å². The lowest BCUT2D eigenvalue weighted by Gasteiger charge is -2.26. The summed E-state index contributed by atoms with van der Waals surface area (Å²) >= 11 is 1.37. The molecule has 10 heteroatoms. The van der Waals surface area contributed by atoms with Crippen LogP contribution in [-0.2, 0) is 11.2 Å². The van der Waals surface area contributed by atoms with Crippen molar-refractivity contribution in [2.45, 2.75) is 39.5 Å². The second kappa shape index (κ2) is 10.9. The van der Waals surface area contributed by atoms with Gasteiger partial charge in [-0.3, -0.25) is 14.0 Å². The zero-order chi connectivity index (χ0) is 25.9. The normalized spacial score (nSPS) is 14.2. The summed E-state index contributed by atoms with van der Waals surface area (Å²) in [6, 6.07) is 9.49. The van der Waals surface area contributed by atoms with E-state index < -0.39 is 0 Å². The van der Waals surface area contributed by atoms with Gasteiger partial charge < -0.3 is 15.0 Å². The Bertz CT molecular complexity index is 1480. The Labute approximate surface area is 219 Å². The van der Waals surface area contributed by atoms with Crippen LogP contribution in [0.2, 0.25) is 0 Å². The van der Waals surface area contributed by atoms with Crippen molar-refractivity contribution < 1.29 is 9.53 Å². The third kappa shape index (κ3) is 5.17. The van der Waals surface area contributed by atoms with Crippen LogP contribution in [0.25, 0.3) is 21.9 Å². The molecule has 1 fully saturated rings. The molecule has 4 heterocycles. The number of carbonyl (C=O) groups excluding carboxylic acids is 1. The van der Waals surface area contributed by atoms with Gasteiger partial charge in [-0.25, -0.2) is 9.67 Å². The van der Waals surface area contributed by atoms with Crippen LogP contribution >= 0.6 is 11.3 Å². The van der Waals surface area contributed by atoms with Gasteiger partial charge in [-0.2, -0.15) is 5.10 Å². The molecule has 0 atom stereocenters. The van der Waals surface area contributed by atoms with E-state index >= 15 is 0 Å². The highest BCUT2D eigenvalue weighted by Crippen LogP contribution is 2.27. The Kier molecular flexibility index (Phi) is 7.38. The van der Waals surface area contributed by atoms with Crippen molar-refractivity contribution in [1.29, 1.82) is 0 Å². The number of nitrogens with one attached hydrogen (secondary N) is 1. The summed E-state index contributed by atoms with van der Waals surface area (Å²) in [4.78, 5) is 34.1. The second-order valence-corrected chi connectivity index (χ2v) is 10.2. The average Bonchev–Trinajstić information content (AvgIpc) is 3.47. The van der Waals surface area contributed by atoms with Gasteiger partial charge in [-0.15, -0.1) is 11.3 Å². The molecule has 9 nitrogen and oxygen atoms in total. The average molecular weight is 521 g/mol. The molecule has 1 N–H and O–H groups in total. The number of ether oxygens (including phenoxy) is 1. The highest BCUT2D eigenvalue weighted by molar-refractivity contribution is 7.15. The summed E-state index contributed by atoms with van der Waals surface area (Å²) in [7, 11) is 1.62. The smallest absolute Gasteiger partial charge is 0.268 e. The van der Waals surface area contributed by atoms with Crippen LogP contribution in [0.5, 0.6) is 5.75 Å². The van der Waals surface area contributed by atoms with E-state index in [2.05, 4.69) is 15.2 Å². The second-order valence-electron chi connectivity index (χ2n) is 9.41. The van der Waals surface area contributed by atoms with Crippen molar-refractivity contribution in [1.82, 2.24) is 29.4 Å². The van der Waals surface area contributed by atoms with Crippen molar-refractivity contribution in [2.75, 3.05) is 33.3 Å². The molecule has 0 aliphatic carbocycles. The maximum absolute atomic E-state index is 13.7. The van der Waals surface area contributed by atoms with Crippen molar-refractivity contribution in [3.8, 4) is 22.7 Å². The summed E-state index contributed by atoms with van der Waals surface area (Å²) in [5, 5.41) is 9.60. The summed E-state index contributed by atoms with van der Waals surface area (Å²) in [6.45, 7) is 7.42. The molecule has 5 rings (SSSR count). The number of benzene rings is 1. The molecule has 4 aromatic rings. The maximum atomic E-state index is 13.7. The number of carbonyl (C=O) groups is 1. The van der Waals surface area contributed by atoms with Crippen molar-refractivity contribution in [3.05, 3.63) is 63.1 Å². The molecule has 194 valence electrons. The van der Waals surface area contributed by atoms with Gasteiger partial charge in [-0.05, 0) is 58.0 Å². The molecule has 3 aromatic heterocycles. The Balaban J connectivity index is 1.41. The maximum Gasteiger partial charge on any atom is 0.268 e. The third-order valence-electron chi connectivity index (χ3n) is 6.82. The number of fused-ring (bicyclic) bond motifs is 1. The van der Waals surface area contributed by atoms with E-state index in [-0.39, 0.29) is 17.9 Å². The molecule has 1 amide bonds. The van der Waals surface area contributed by atoms with Crippen LogP contribution < -0.4 is 15.6 Å². The number of aromatic nitrogens is 4. The largest absolute Gasteiger partial charge is 0.494 e. The minimum Gasteiger partial charge on any atom is -0.494 e. The first-order valence-electron chi connectivity index (χ1n) is 12.7. The first kappa shape index (κ1) is 25.2. The van der Waals surface area contributed by atoms with E-state index in [1.165, 1.54) is 30.6 Å². The van der Waals surface area contributed by atoms with Gasteiger partial charge in [0, 0.05) is 29.9 Å². The van der Waals surface area contributed by atoms with Gasteiger partial charge in [0.05, 0.1) is 24.8 Å². The van der Waals surface area contributed by atoms with E-state index in [1.54, 1.807) is 16.2 Å². The van der Waals surface area contributed by atoms with E-state index in [0.717, 1.165) is 31.0 Å². The van der Waals surface area contributed by atoms with Gasteiger partial charge >= 0.3 is 0 Å². The van der Waals surface area contributed by atoms with E-state index in [1.807, 2.05) is 49.6 Å². The van der Waals surface area contributed by atoms with Gasteiger partial charge in [0.2, 0.25) is 5.91 Å². The zero-order valence-electron chi connectivity index (χ0n) is 21.5. The SMILES string of the molecule is COc1ccccc1-n1nc(-c2c(C)nc3scc(CC(=O)NCCN4CCCCC4)n3c2=O)cc1C. The molecular formula is C27H32N6O3S. The lowest BCUT2D eigenvalue weighted by molar-refractivity contribution is -0.120. The number of aryl methyl sites for hydroxylation is 2. The number of hydrogen-bond donors (Lipinski definition) is 1. The van der Waals surface area contributed by atoms with Gasteiger partial charge in [-0.1, -0.05) is 18.6 Å². The number of methoxy groups -OCH3 is 1. The predicted molar refractivity (Wildman–Crippen MR) is 145 cm³/mol. The summed E-state index contributed by atoms with van der Waals surface area (Å²) in [6.07, 6.45) is 3.86. The van der Waals surface area contributed by atoms with Gasteiger partial charge in [0.15, 0.2) is 4.96 Å². The van der Waals surface area contributed by atoms with Crippen LogP contribution in [-0.4, -0.2) is 63.3 Å². The third-order valence-corrected chi connectivity index (χ3v) is 7.69. The number of rotatable bonds is 8. The van der Waals surface area contributed by atoms with E-state index in [0.29, 0.717) is 39.9 Å². The number of hydrogen-bond acceptors (Lipinski definition) is 7. The van der Waals surface area contributed by atoms with Crippen LogP contribution in [0.4, 0.5) is 0 Å². The number of nitrogens with zero attached hydrogens (tertiary/aromatic N) is 5. The molecule has 0 bridgehead atoms. The molecule has 37 heavy (non-hydrogen) atoms. The predicted octanol–water partition coefficient (Wildman–Crippen LogP) is 3.38. The van der Waals surface area contributed by atoms with Crippen molar-refractivity contribution in [3.63, 3.8) is 0 Å². The zero-order valence-corrected chi connectivity index (χ0v) is 22.3. The molecule has 1 saturated heterocycles. The minimum atomic E-state index is -0.218. The number of thiazole rings is 1. The summed E-state index contributed by atoms with van der Waals surface area (Å²) < 4.78 is 8.82. The Morgan fingerprint density at radius 2 is 1.95 bits per heavy atom. The lowest BCUT2D eigenvalue weighted by atomic mass is 10.1. The Hall–Kier alpha value is -3.50. The standard InChI is InChI=1S/C27H32N6O3S/c1-18-15-21(30-33(18)22-9-5-6-10-23(22)36-3)25-19(2)29-27-32(26(25)35)20(17-37-27)16-24(34)28-11-14-31-12-7-4-8-13-31/h5-6,9-10,15,17H,4,7-8,11-14,16H2,1-3H3,(H,28,34). The molecular weight excluding hydrogens is 488 g/mol. The molecule has 0 radical (unpaired) electrons. The number of amides is 1. The molecule has 0 unspecified atom stereocenters. The molecule has 1 aliphatic heterocycles. The van der Waals surface area contributed by atoms with Crippen LogP contribution in [0.15, 0.2) is 40.5 Å². The Morgan fingerprint density at radius 1 is 1.16 bits per heavy atom. The summed E-state index contributed by atoms with van der Waals surface area (Å²) in [5.41, 5.74) is 3.64. The topological polar surface area (TPSA) is 93.8 Å². The quantitative estimate of drug-likeness (QED) is 0.383. The van der Waals surface area contributed by atoms with Crippen molar-refractivity contribution >= 4 is 22.2 Å². The number of para-hydroxylation sites is 2. The molecule has 1 aliphatic rings. The fourth-order valence-corrected chi connectivity index (χ4v) is 5.86. The first-order chi connectivity index (χ1) is 18.0. The Morgan fingerprint density at radius 3 is 2.73 bits per heavy atom.